The summed E-state index contributed by atoms with van der Waals surface area (Å²) in [6, 6.07) is 0.929. The van der Waals surface area contributed by atoms with Gasteiger partial charge in [0.1, 0.15) is 0 Å². The Balaban J connectivity index is 1.78. The summed E-state index contributed by atoms with van der Waals surface area (Å²) < 4.78 is 0. The highest BCUT2D eigenvalue weighted by molar-refractivity contribution is 4.88. The van der Waals surface area contributed by atoms with Crippen LogP contribution in [-0.4, -0.2) is 24.0 Å². The highest BCUT2D eigenvalue weighted by atomic mass is 15.2. The Kier molecular flexibility index (Phi) is 2.40. The van der Waals surface area contributed by atoms with Gasteiger partial charge in [0, 0.05) is 12.6 Å². The molecule has 70 valence electrons. The molecule has 0 bridgehead atoms. The van der Waals surface area contributed by atoms with E-state index in [0.29, 0.717) is 0 Å². The lowest BCUT2D eigenvalue weighted by molar-refractivity contribution is 0.235. The van der Waals surface area contributed by atoms with Crippen molar-refractivity contribution in [3.8, 4) is 0 Å². The maximum absolute atomic E-state index is 2.73. The van der Waals surface area contributed by atoms with Crippen molar-refractivity contribution in [1.82, 2.24) is 4.90 Å². The Morgan fingerprint density at radius 3 is 2.75 bits per heavy atom. The molecule has 3 atom stereocenters. The van der Waals surface area contributed by atoms with Crippen LogP contribution in [0, 0.1) is 11.8 Å². The number of nitrogens with zero attached hydrogens (tertiary/aromatic N) is 1. The number of likely N-dealkylation sites (tertiary alicyclic amines) is 1. The third kappa shape index (κ3) is 1.66. The van der Waals surface area contributed by atoms with Crippen LogP contribution in [0.4, 0.5) is 0 Å². The molecular formula is C11H21N. The topological polar surface area (TPSA) is 3.24 Å². The first-order valence-electron chi connectivity index (χ1n) is 5.55. The molecule has 1 nitrogen and oxygen atoms in total. The summed E-state index contributed by atoms with van der Waals surface area (Å²) in [4.78, 5) is 2.73. The lowest BCUT2D eigenvalue weighted by Gasteiger charge is -2.23. The highest BCUT2D eigenvalue weighted by Crippen LogP contribution is 2.39. The fraction of sp³-hybridized carbons (Fsp3) is 1.00. The fourth-order valence-corrected chi connectivity index (χ4v) is 2.55. The van der Waals surface area contributed by atoms with Gasteiger partial charge in [0.15, 0.2) is 0 Å². The molecule has 0 aromatic heterocycles. The zero-order valence-electron chi connectivity index (χ0n) is 8.42. The Morgan fingerprint density at radius 1 is 1.42 bits per heavy atom. The molecule has 0 aromatic rings. The summed E-state index contributed by atoms with van der Waals surface area (Å²) in [7, 11) is 0. The van der Waals surface area contributed by atoms with Crippen molar-refractivity contribution < 1.29 is 0 Å². The molecule has 0 amide bonds. The third-order valence-electron chi connectivity index (χ3n) is 3.72. The zero-order chi connectivity index (χ0) is 8.55. The van der Waals surface area contributed by atoms with Gasteiger partial charge in [0.2, 0.25) is 0 Å². The fourth-order valence-electron chi connectivity index (χ4n) is 2.55. The van der Waals surface area contributed by atoms with Gasteiger partial charge < -0.3 is 4.90 Å². The predicted octanol–water partition coefficient (Wildman–Crippen LogP) is 2.52. The molecule has 2 fully saturated rings. The highest BCUT2D eigenvalue weighted by Gasteiger charge is 2.36. The van der Waals surface area contributed by atoms with Crippen LogP contribution in [0.2, 0.25) is 0 Å². The number of hydrogen-bond donors (Lipinski definition) is 0. The van der Waals surface area contributed by atoms with Gasteiger partial charge in [-0.05, 0) is 44.1 Å². The van der Waals surface area contributed by atoms with Gasteiger partial charge in [-0.15, -0.1) is 0 Å². The molecule has 1 aliphatic carbocycles. The molecule has 2 rings (SSSR count). The van der Waals surface area contributed by atoms with E-state index in [2.05, 4.69) is 18.7 Å². The molecule has 1 saturated heterocycles. The summed E-state index contributed by atoms with van der Waals surface area (Å²) in [6.07, 6.45) is 5.76. The van der Waals surface area contributed by atoms with Gasteiger partial charge in [-0.1, -0.05) is 13.8 Å². The predicted molar refractivity (Wildman–Crippen MR) is 52.2 cm³/mol. The number of hydrogen-bond acceptors (Lipinski definition) is 1. The van der Waals surface area contributed by atoms with Crippen LogP contribution in [0.15, 0.2) is 0 Å². The summed E-state index contributed by atoms with van der Waals surface area (Å²) in [5.41, 5.74) is 0. The van der Waals surface area contributed by atoms with E-state index in [9.17, 15) is 0 Å². The Hall–Kier alpha value is -0.0400. The smallest absolute Gasteiger partial charge is 0.00932 e. The minimum atomic E-state index is 0.929. The molecule has 1 saturated carbocycles. The van der Waals surface area contributed by atoms with E-state index < -0.39 is 0 Å². The van der Waals surface area contributed by atoms with Gasteiger partial charge in [-0.2, -0.15) is 0 Å². The maximum Gasteiger partial charge on any atom is 0.00932 e. The first-order chi connectivity index (χ1) is 5.81. The maximum atomic E-state index is 2.73. The molecule has 0 radical (unpaired) electrons. The van der Waals surface area contributed by atoms with E-state index in [0.717, 1.165) is 17.9 Å². The SMILES string of the molecule is CCC1CCCN1CC1CC1C. The summed E-state index contributed by atoms with van der Waals surface area (Å²) in [5, 5.41) is 0. The quantitative estimate of drug-likeness (QED) is 0.624. The summed E-state index contributed by atoms with van der Waals surface area (Å²) >= 11 is 0. The monoisotopic (exact) mass is 167 g/mol. The molecule has 0 N–H and O–H groups in total. The second kappa shape index (κ2) is 3.37. The average Bonchev–Trinajstić information content (AvgIpc) is 2.62. The van der Waals surface area contributed by atoms with Crippen molar-refractivity contribution in [2.45, 2.75) is 45.6 Å². The van der Waals surface area contributed by atoms with Gasteiger partial charge in [0.25, 0.3) is 0 Å². The van der Waals surface area contributed by atoms with Crippen molar-refractivity contribution in [2.24, 2.45) is 11.8 Å². The van der Waals surface area contributed by atoms with Crippen molar-refractivity contribution in [3.05, 3.63) is 0 Å². The molecular weight excluding hydrogens is 146 g/mol. The van der Waals surface area contributed by atoms with Crippen molar-refractivity contribution in [3.63, 3.8) is 0 Å². The summed E-state index contributed by atoms with van der Waals surface area (Å²) in [5.74, 6) is 2.08. The van der Waals surface area contributed by atoms with E-state index in [-0.39, 0.29) is 0 Å². The normalized spacial score (nSPS) is 42.0. The molecule has 0 spiro atoms. The van der Waals surface area contributed by atoms with E-state index in [1.807, 2.05) is 0 Å². The first kappa shape index (κ1) is 8.55. The molecule has 1 heterocycles. The van der Waals surface area contributed by atoms with Crippen LogP contribution < -0.4 is 0 Å². The Labute approximate surface area is 76.1 Å². The second-order valence-electron chi connectivity index (χ2n) is 4.67. The van der Waals surface area contributed by atoms with Gasteiger partial charge >= 0.3 is 0 Å². The van der Waals surface area contributed by atoms with E-state index in [1.54, 1.807) is 0 Å². The molecule has 0 aromatic carbocycles. The van der Waals surface area contributed by atoms with Crippen LogP contribution in [0.1, 0.15) is 39.5 Å². The van der Waals surface area contributed by atoms with Crippen LogP contribution in [0.5, 0.6) is 0 Å². The van der Waals surface area contributed by atoms with E-state index >= 15 is 0 Å². The van der Waals surface area contributed by atoms with Crippen LogP contribution in [-0.2, 0) is 0 Å². The average molecular weight is 167 g/mol. The first-order valence-corrected chi connectivity index (χ1v) is 5.55. The Bertz CT molecular complexity index is 155. The molecule has 3 unspecified atom stereocenters. The zero-order valence-corrected chi connectivity index (χ0v) is 8.42. The molecule has 12 heavy (non-hydrogen) atoms. The second-order valence-corrected chi connectivity index (χ2v) is 4.67. The van der Waals surface area contributed by atoms with Crippen molar-refractivity contribution in [2.75, 3.05) is 13.1 Å². The molecule has 2 aliphatic rings. The number of rotatable bonds is 3. The van der Waals surface area contributed by atoms with Gasteiger partial charge in [-0.3, -0.25) is 0 Å². The lowest BCUT2D eigenvalue weighted by atomic mass is 10.1. The summed E-state index contributed by atoms with van der Waals surface area (Å²) in [6.45, 7) is 7.50. The van der Waals surface area contributed by atoms with Crippen LogP contribution >= 0.6 is 0 Å². The van der Waals surface area contributed by atoms with Gasteiger partial charge in [0.05, 0.1) is 0 Å². The largest absolute Gasteiger partial charge is 0.300 e. The molecule has 1 heteroatoms. The van der Waals surface area contributed by atoms with E-state index in [1.165, 1.54) is 38.8 Å². The molecule has 1 aliphatic heterocycles. The standard InChI is InChI=1S/C11H21N/c1-3-11-5-4-6-12(11)8-10-7-9(10)2/h9-11H,3-8H2,1-2H3. The van der Waals surface area contributed by atoms with Crippen LogP contribution in [0.25, 0.3) is 0 Å². The van der Waals surface area contributed by atoms with Crippen molar-refractivity contribution >= 4 is 0 Å². The van der Waals surface area contributed by atoms with E-state index in [4.69, 9.17) is 0 Å². The Morgan fingerprint density at radius 2 is 2.17 bits per heavy atom. The minimum Gasteiger partial charge on any atom is -0.300 e. The minimum absolute atomic E-state index is 0.929. The van der Waals surface area contributed by atoms with Crippen LogP contribution in [0.3, 0.4) is 0 Å². The van der Waals surface area contributed by atoms with Crippen molar-refractivity contribution in [1.29, 1.82) is 0 Å². The third-order valence-corrected chi connectivity index (χ3v) is 3.72. The lowest BCUT2D eigenvalue weighted by Crippen LogP contribution is -2.30. The van der Waals surface area contributed by atoms with Gasteiger partial charge in [-0.25, -0.2) is 0 Å².